The van der Waals surface area contributed by atoms with Crippen LogP contribution in [-0.2, 0) is 0 Å². The van der Waals surface area contributed by atoms with Gasteiger partial charge in [-0.1, -0.05) is 26.8 Å². The van der Waals surface area contributed by atoms with Crippen molar-refractivity contribution in [3.05, 3.63) is 33.4 Å². The van der Waals surface area contributed by atoms with Gasteiger partial charge in [-0.2, -0.15) is 5.10 Å². The molecule has 2 atom stereocenters. The summed E-state index contributed by atoms with van der Waals surface area (Å²) in [4.78, 5) is 12.2. The van der Waals surface area contributed by atoms with Gasteiger partial charge in [0.2, 0.25) is 0 Å². The average Bonchev–Trinajstić information content (AvgIpc) is 2.77. The van der Waals surface area contributed by atoms with Crippen LogP contribution < -0.4 is 5.43 Å². The molecule has 2 bridgehead atoms. The van der Waals surface area contributed by atoms with Gasteiger partial charge in [-0.3, -0.25) is 4.79 Å². The Balaban J connectivity index is 1.77. The van der Waals surface area contributed by atoms with E-state index >= 15 is 0 Å². The zero-order valence-electron chi connectivity index (χ0n) is 12.7. The summed E-state index contributed by atoms with van der Waals surface area (Å²) in [5.41, 5.74) is 5.02. The number of halogens is 1. The van der Waals surface area contributed by atoms with Gasteiger partial charge in [-0.15, -0.1) is 0 Å². The van der Waals surface area contributed by atoms with Gasteiger partial charge in [0.25, 0.3) is 5.91 Å². The first kappa shape index (κ1) is 15.0. The number of rotatable bonds is 2. The van der Waals surface area contributed by atoms with Crippen LogP contribution in [0.5, 0.6) is 0 Å². The minimum atomic E-state index is -0.120. The summed E-state index contributed by atoms with van der Waals surface area (Å²) < 4.78 is 1.06. The van der Waals surface area contributed by atoms with Gasteiger partial charge >= 0.3 is 0 Å². The van der Waals surface area contributed by atoms with Gasteiger partial charge in [0.05, 0.1) is 0 Å². The van der Waals surface area contributed by atoms with Crippen LogP contribution in [0.15, 0.2) is 29.4 Å². The molecule has 1 aromatic rings. The van der Waals surface area contributed by atoms with E-state index in [1.54, 1.807) is 0 Å². The van der Waals surface area contributed by atoms with E-state index in [1.807, 2.05) is 24.3 Å². The molecule has 0 saturated heterocycles. The second-order valence-electron chi connectivity index (χ2n) is 7.00. The number of nitrogens with one attached hydrogen (secondary N) is 1. The Labute approximate surface area is 139 Å². The van der Waals surface area contributed by atoms with E-state index < -0.39 is 0 Å². The molecule has 0 heterocycles. The summed E-state index contributed by atoms with van der Waals surface area (Å²) in [6.45, 7) is 6.99. The van der Waals surface area contributed by atoms with E-state index in [4.69, 9.17) is 0 Å². The minimum Gasteiger partial charge on any atom is -0.267 e. The van der Waals surface area contributed by atoms with Crippen molar-refractivity contribution >= 4 is 34.2 Å². The quantitative estimate of drug-likeness (QED) is 0.590. The highest BCUT2D eigenvalue weighted by atomic mass is 127. The fraction of sp³-hybridized carbons (Fsp3) is 0.529. The van der Waals surface area contributed by atoms with Crippen molar-refractivity contribution in [2.24, 2.45) is 21.8 Å². The van der Waals surface area contributed by atoms with Crippen LogP contribution in [0.2, 0.25) is 0 Å². The lowest BCUT2D eigenvalue weighted by atomic mass is 9.70. The van der Waals surface area contributed by atoms with Crippen LogP contribution in [0.4, 0.5) is 0 Å². The maximum absolute atomic E-state index is 12.2. The average molecular weight is 396 g/mol. The van der Waals surface area contributed by atoms with Crippen molar-refractivity contribution in [3.8, 4) is 0 Å². The number of hydrogen-bond donors (Lipinski definition) is 1. The smallest absolute Gasteiger partial charge is 0.267 e. The maximum atomic E-state index is 12.2. The highest BCUT2D eigenvalue weighted by Crippen LogP contribution is 2.63. The topological polar surface area (TPSA) is 41.5 Å². The summed E-state index contributed by atoms with van der Waals surface area (Å²) in [5, 5.41) is 4.49. The molecule has 1 N–H and O–H groups in total. The monoisotopic (exact) mass is 396 g/mol. The molecule has 2 aliphatic carbocycles. The summed E-state index contributed by atoms with van der Waals surface area (Å²) >= 11 is 2.21. The van der Waals surface area contributed by atoms with Crippen molar-refractivity contribution in [1.29, 1.82) is 0 Å². The molecule has 21 heavy (non-hydrogen) atoms. The lowest BCUT2D eigenvalue weighted by Gasteiger charge is -2.34. The van der Waals surface area contributed by atoms with Crippen LogP contribution in [-0.4, -0.2) is 11.6 Å². The standard InChI is InChI=1S/C17H21IN2O/c1-16(2)12-7-8-17(16,3)14(10-12)19-20-15(21)11-5-4-6-13(18)9-11/h4-6,9,12H,7-8,10H2,1-3H3,(H,20,21)/b19-14+/t12-,17+/m1/s1. The van der Waals surface area contributed by atoms with Gasteiger partial charge in [-0.25, -0.2) is 5.43 Å². The van der Waals surface area contributed by atoms with Crippen molar-refractivity contribution in [1.82, 2.24) is 5.43 Å². The number of amides is 1. The molecule has 2 saturated carbocycles. The minimum absolute atomic E-state index is 0.120. The number of carbonyl (C=O) groups excluding carboxylic acids is 1. The van der Waals surface area contributed by atoms with Gasteiger partial charge in [-0.05, 0) is 71.4 Å². The number of carbonyl (C=O) groups is 1. The first-order valence-corrected chi connectivity index (χ1v) is 8.55. The molecule has 3 rings (SSSR count). The number of hydrazone groups is 1. The van der Waals surface area contributed by atoms with E-state index in [1.165, 1.54) is 18.6 Å². The molecule has 0 aromatic heterocycles. The Kier molecular flexibility index (Phi) is 3.62. The molecule has 2 aliphatic rings. The molecule has 112 valence electrons. The molecule has 4 heteroatoms. The Hall–Kier alpha value is -0.910. The summed E-state index contributed by atoms with van der Waals surface area (Å²) in [5.74, 6) is 0.584. The lowest BCUT2D eigenvalue weighted by Crippen LogP contribution is -2.34. The largest absolute Gasteiger partial charge is 0.271 e. The Morgan fingerprint density at radius 1 is 1.38 bits per heavy atom. The fourth-order valence-electron chi connectivity index (χ4n) is 3.91. The first-order valence-electron chi connectivity index (χ1n) is 7.47. The third-order valence-corrected chi connectivity index (χ3v) is 6.56. The second-order valence-corrected chi connectivity index (χ2v) is 8.25. The fourth-order valence-corrected chi connectivity index (χ4v) is 4.45. The van der Waals surface area contributed by atoms with E-state index in [0.29, 0.717) is 16.9 Å². The predicted molar refractivity (Wildman–Crippen MR) is 93.3 cm³/mol. The highest BCUT2D eigenvalue weighted by molar-refractivity contribution is 14.1. The Morgan fingerprint density at radius 3 is 2.71 bits per heavy atom. The number of benzene rings is 1. The molecule has 3 nitrogen and oxygen atoms in total. The Bertz CT molecular complexity index is 623. The van der Waals surface area contributed by atoms with Crippen molar-refractivity contribution in [3.63, 3.8) is 0 Å². The van der Waals surface area contributed by atoms with Crippen LogP contribution in [0, 0.1) is 20.3 Å². The van der Waals surface area contributed by atoms with Gasteiger partial charge in [0.15, 0.2) is 0 Å². The summed E-state index contributed by atoms with van der Waals surface area (Å²) in [6, 6.07) is 7.57. The SMILES string of the molecule is CC1(C)[C@@H]2CC[C@@]1(C)/C(=N/NC(=O)c1cccc(I)c1)C2. The van der Waals surface area contributed by atoms with E-state index in [-0.39, 0.29) is 11.3 Å². The second kappa shape index (κ2) is 5.07. The third kappa shape index (κ3) is 2.31. The van der Waals surface area contributed by atoms with Gasteiger partial charge in [0.1, 0.15) is 0 Å². The lowest BCUT2D eigenvalue weighted by molar-refractivity contribution is 0.0954. The first-order chi connectivity index (χ1) is 9.84. The zero-order valence-corrected chi connectivity index (χ0v) is 14.9. The van der Waals surface area contributed by atoms with Crippen molar-refractivity contribution in [2.45, 2.75) is 40.0 Å². The van der Waals surface area contributed by atoms with E-state index in [9.17, 15) is 4.79 Å². The highest BCUT2D eigenvalue weighted by Gasteiger charge is 2.59. The molecule has 0 radical (unpaired) electrons. The van der Waals surface area contributed by atoms with E-state index in [0.717, 1.165) is 9.99 Å². The van der Waals surface area contributed by atoms with Crippen LogP contribution in [0.25, 0.3) is 0 Å². The molecule has 0 spiro atoms. The molecular formula is C17H21IN2O. The molecule has 0 unspecified atom stereocenters. The summed E-state index contributed by atoms with van der Waals surface area (Å²) in [7, 11) is 0. The molecule has 1 amide bonds. The number of nitrogens with zero attached hydrogens (tertiary/aromatic N) is 1. The maximum Gasteiger partial charge on any atom is 0.271 e. The number of fused-ring (bicyclic) bond motifs is 2. The normalized spacial score (nSPS) is 31.6. The van der Waals surface area contributed by atoms with Gasteiger partial charge in [0, 0.05) is 20.3 Å². The zero-order chi connectivity index (χ0) is 15.3. The molecule has 2 fully saturated rings. The molecule has 1 aromatic carbocycles. The number of hydrogen-bond acceptors (Lipinski definition) is 2. The van der Waals surface area contributed by atoms with Crippen molar-refractivity contribution < 1.29 is 4.79 Å². The van der Waals surface area contributed by atoms with Crippen LogP contribution in [0.3, 0.4) is 0 Å². The van der Waals surface area contributed by atoms with Crippen LogP contribution in [0.1, 0.15) is 50.4 Å². The predicted octanol–water partition coefficient (Wildman–Crippen LogP) is 4.22. The molecule has 0 aliphatic heterocycles. The van der Waals surface area contributed by atoms with Crippen LogP contribution >= 0.6 is 22.6 Å². The van der Waals surface area contributed by atoms with E-state index in [2.05, 4.69) is 53.9 Å². The molecular weight excluding hydrogens is 375 g/mol. The summed E-state index contributed by atoms with van der Waals surface area (Å²) in [6.07, 6.45) is 3.49. The third-order valence-electron chi connectivity index (χ3n) is 5.89. The van der Waals surface area contributed by atoms with Crippen molar-refractivity contribution in [2.75, 3.05) is 0 Å². The Morgan fingerprint density at radius 2 is 2.14 bits per heavy atom. The van der Waals surface area contributed by atoms with Gasteiger partial charge < -0.3 is 0 Å².